The molecular formula is C11H13ClN4. The van der Waals surface area contributed by atoms with Gasteiger partial charge in [-0.3, -0.25) is 0 Å². The molecule has 0 spiro atoms. The molecule has 1 aromatic carbocycles. The summed E-state index contributed by atoms with van der Waals surface area (Å²) >= 11 is 6.06. The lowest BCUT2D eigenvalue weighted by Gasteiger charge is -2.02. The second-order valence-electron chi connectivity index (χ2n) is 3.73. The van der Waals surface area contributed by atoms with Crippen molar-refractivity contribution in [3.05, 3.63) is 34.6 Å². The smallest absolute Gasteiger partial charge is 0.150 e. The first-order valence-electron chi connectivity index (χ1n) is 4.87. The van der Waals surface area contributed by atoms with E-state index in [1.807, 2.05) is 25.1 Å². The number of hydrogen-bond acceptors (Lipinski definition) is 3. The molecule has 0 saturated heterocycles. The van der Waals surface area contributed by atoms with Crippen molar-refractivity contribution in [2.24, 2.45) is 0 Å². The minimum atomic E-state index is 0.442. The first-order valence-corrected chi connectivity index (χ1v) is 5.25. The Morgan fingerprint density at radius 3 is 2.50 bits per heavy atom. The van der Waals surface area contributed by atoms with Crippen LogP contribution >= 0.6 is 11.6 Å². The summed E-state index contributed by atoms with van der Waals surface area (Å²) in [6, 6.07) is 5.70. The molecule has 0 saturated carbocycles. The largest absolute Gasteiger partial charge is 0.382 e. The van der Waals surface area contributed by atoms with Crippen LogP contribution in [0.5, 0.6) is 0 Å². The fourth-order valence-electron chi connectivity index (χ4n) is 1.51. The molecule has 1 aromatic heterocycles. The van der Waals surface area contributed by atoms with Gasteiger partial charge in [-0.05, 0) is 25.5 Å². The highest BCUT2D eigenvalue weighted by atomic mass is 35.5. The minimum Gasteiger partial charge on any atom is -0.382 e. The van der Waals surface area contributed by atoms with Gasteiger partial charge in [0.15, 0.2) is 5.82 Å². The van der Waals surface area contributed by atoms with E-state index >= 15 is 0 Å². The lowest BCUT2D eigenvalue weighted by Crippen LogP contribution is -2.13. The average Bonchev–Trinajstić information content (AvgIpc) is 2.50. The maximum atomic E-state index is 6.06. The standard InChI is InChI=1S/C11H13ClN4/c1-6-3-4-8(5-9(6)12)10-11(13)16(14)7(2)15-10/h3-5H,13-14H2,1-2H3. The number of hydrogen-bond donors (Lipinski definition) is 2. The molecule has 0 aliphatic carbocycles. The molecule has 5 heteroatoms. The van der Waals surface area contributed by atoms with E-state index < -0.39 is 0 Å². The molecule has 0 unspecified atom stereocenters. The molecule has 4 N–H and O–H groups in total. The Bertz CT molecular complexity index is 545. The van der Waals surface area contributed by atoms with Crippen molar-refractivity contribution >= 4 is 17.4 Å². The first kappa shape index (κ1) is 10.8. The number of nitrogens with zero attached hydrogens (tertiary/aromatic N) is 2. The summed E-state index contributed by atoms with van der Waals surface area (Å²) in [5.41, 5.74) is 8.42. The second-order valence-corrected chi connectivity index (χ2v) is 4.13. The number of aryl methyl sites for hydroxylation is 2. The first-order chi connectivity index (χ1) is 7.50. The highest BCUT2D eigenvalue weighted by molar-refractivity contribution is 6.31. The van der Waals surface area contributed by atoms with Gasteiger partial charge < -0.3 is 11.6 Å². The monoisotopic (exact) mass is 236 g/mol. The summed E-state index contributed by atoms with van der Waals surface area (Å²) in [7, 11) is 0. The average molecular weight is 237 g/mol. The Kier molecular flexibility index (Phi) is 2.52. The van der Waals surface area contributed by atoms with Crippen LogP contribution in [0, 0.1) is 13.8 Å². The van der Waals surface area contributed by atoms with Gasteiger partial charge >= 0.3 is 0 Å². The van der Waals surface area contributed by atoms with E-state index in [2.05, 4.69) is 4.98 Å². The van der Waals surface area contributed by atoms with E-state index in [-0.39, 0.29) is 0 Å². The van der Waals surface area contributed by atoms with Crippen molar-refractivity contribution in [3.63, 3.8) is 0 Å². The van der Waals surface area contributed by atoms with E-state index in [0.29, 0.717) is 22.4 Å². The number of aromatic nitrogens is 2. The van der Waals surface area contributed by atoms with Crippen LogP contribution in [0.4, 0.5) is 5.82 Å². The van der Waals surface area contributed by atoms with Gasteiger partial charge in [-0.15, -0.1) is 0 Å². The molecular weight excluding hydrogens is 224 g/mol. The fraction of sp³-hybridized carbons (Fsp3) is 0.182. The lowest BCUT2D eigenvalue weighted by atomic mass is 10.1. The van der Waals surface area contributed by atoms with Crippen LogP contribution in [-0.2, 0) is 0 Å². The topological polar surface area (TPSA) is 69.9 Å². The summed E-state index contributed by atoms with van der Waals surface area (Å²) in [6.07, 6.45) is 0. The number of anilines is 1. The predicted octanol–water partition coefficient (Wildman–Crippen LogP) is 2.12. The summed E-state index contributed by atoms with van der Waals surface area (Å²) in [6.45, 7) is 3.75. The molecule has 4 nitrogen and oxygen atoms in total. The van der Waals surface area contributed by atoms with Gasteiger partial charge in [0.25, 0.3) is 0 Å². The molecule has 0 radical (unpaired) electrons. The van der Waals surface area contributed by atoms with Crippen molar-refractivity contribution < 1.29 is 0 Å². The summed E-state index contributed by atoms with van der Waals surface area (Å²) in [5, 5.41) is 0.695. The molecule has 2 aromatic rings. The van der Waals surface area contributed by atoms with Gasteiger partial charge in [-0.2, -0.15) is 0 Å². The highest BCUT2D eigenvalue weighted by Crippen LogP contribution is 2.28. The van der Waals surface area contributed by atoms with Gasteiger partial charge in [-0.25, -0.2) is 9.66 Å². The van der Waals surface area contributed by atoms with Crippen LogP contribution in [0.25, 0.3) is 11.3 Å². The third-order valence-corrected chi connectivity index (χ3v) is 2.98. The van der Waals surface area contributed by atoms with Crippen molar-refractivity contribution in [3.8, 4) is 11.3 Å². The van der Waals surface area contributed by atoms with Crippen LogP contribution < -0.4 is 11.6 Å². The van der Waals surface area contributed by atoms with Crippen molar-refractivity contribution in [1.29, 1.82) is 0 Å². The number of benzene rings is 1. The summed E-state index contributed by atoms with van der Waals surface area (Å²) in [4.78, 5) is 4.31. The Morgan fingerprint density at radius 2 is 2.00 bits per heavy atom. The van der Waals surface area contributed by atoms with Crippen molar-refractivity contribution in [1.82, 2.24) is 9.66 Å². The molecule has 0 atom stereocenters. The number of rotatable bonds is 1. The van der Waals surface area contributed by atoms with Gasteiger partial charge in [0.05, 0.1) is 0 Å². The maximum absolute atomic E-state index is 6.06. The molecule has 0 amide bonds. The molecule has 84 valence electrons. The molecule has 0 aliphatic heterocycles. The third kappa shape index (κ3) is 1.61. The lowest BCUT2D eigenvalue weighted by molar-refractivity contribution is 0.937. The molecule has 16 heavy (non-hydrogen) atoms. The number of nitrogens with two attached hydrogens (primary N) is 2. The normalized spacial score (nSPS) is 10.7. The molecule has 0 fully saturated rings. The molecule has 1 heterocycles. The quantitative estimate of drug-likeness (QED) is 0.745. The Balaban J connectivity index is 2.59. The summed E-state index contributed by atoms with van der Waals surface area (Å²) in [5.74, 6) is 6.82. The molecule has 2 rings (SSSR count). The number of halogens is 1. The van der Waals surface area contributed by atoms with Gasteiger partial charge in [0.1, 0.15) is 11.5 Å². The molecule has 0 aliphatic rings. The predicted molar refractivity (Wildman–Crippen MR) is 66.7 cm³/mol. The van der Waals surface area contributed by atoms with Gasteiger partial charge in [0.2, 0.25) is 0 Å². The van der Waals surface area contributed by atoms with Crippen LogP contribution in [0.3, 0.4) is 0 Å². The number of imidazole rings is 1. The van der Waals surface area contributed by atoms with Crippen LogP contribution in [0.1, 0.15) is 11.4 Å². The fourth-order valence-corrected chi connectivity index (χ4v) is 1.69. The Morgan fingerprint density at radius 1 is 1.31 bits per heavy atom. The SMILES string of the molecule is Cc1ccc(-c2nc(C)n(N)c2N)cc1Cl. The second kappa shape index (κ2) is 3.72. The van der Waals surface area contributed by atoms with Crippen LogP contribution in [-0.4, -0.2) is 9.66 Å². The minimum absolute atomic E-state index is 0.442. The highest BCUT2D eigenvalue weighted by Gasteiger charge is 2.12. The van der Waals surface area contributed by atoms with Crippen molar-refractivity contribution in [2.75, 3.05) is 11.6 Å². The van der Waals surface area contributed by atoms with E-state index in [0.717, 1.165) is 11.1 Å². The van der Waals surface area contributed by atoms with Crippen molar-refractivity contribution in [2.45, 2.75) is 13.8 Å². The zero-order valence-corrected chi connectivity index (χ0v) is 9.92. The zero-order chi connectivity index (χ0) is 11.9. The number of nitrogen functional groups attached to an aromatic ring is 2. The van der Waals surface area contributed by atoms with Crippen LogP contribution in [0.15, 0.2) is 18.2 Å². The Labute approximate surface area is 98.8 Å². The van der Waals surface area contributed by atoms with Crippen LogP contribution in [0.2, 0.25) is 5.02 Å². The molecule has 0 bridgehead atoms. The van der Waals surface area contributed by atoms with E-state index in [1.54, 1.807) is 6.92 Å². The van der Waals surface area contributed by atoms with E-state index in [9.17, 15) is 0 Å². The Hall–Kier alpha value is -1.68. The maximum Gasteiger partial charge on any atom is 0.150 e. The summed E-state index contributed by atoms with van der Waals surface area (Å²) < 4.78 is 1.36. The zero-order valence-electron chi connectivity index (χ0n) is 9.16. The van der Waals surface area contributed by atoms with E-state index in [4.69, 9.17) is 23.2 Å². The van der Waals surface area contributed by atoms with Gasteiger partial charge in [-0.1, -0.05) is 23.7 Å². The van der Waals surface area contributed by atoms with E-state index in [1.165, 1.54) is 4.68 Å². The third-order valence-electron chi connectivity index (χ3n) is 2.57. The van der Waals surface area contributed by atoms with Gasteiger partial charge in [0, 0.05) is 10.6 Å².